The van der Waals surface area contributed by atoms with Gasteiger partial charge in [-0.15, -0.1) is 0 Å². The van der Waals surface area contributed by atoms with E-state index in [1.165, 1.54) is 16.5 Å². The molecule has 4 rings (SSSR count). The number of carbonyl (C=O) groups excluding carboxylic acids is 1. The molecule has 0 aliphatic carbocycles. The Bertz CT molecular complexity index is 1050. The van der Waals surface area contributed by atoms with E-state index in [0.717, 1.165) is 50.3 Å². The summed E-state index contributed by atoms with van der Waals surface area (Å²) >= 11 is 0. The Hall–Kier alpha value is -2.92. The second kappa shape index (κ2) is 10.1. The van der Waals surface area contributed by atoms with Crippen molar-refractivity contribution in [3.8, 4) is 5.75 Å². The predicted octanol–water partition coefficient (Wildman–Crippen LogP) is 4.89. The zero-order valence-corrected chi connectivity index (χ0v) is 19.3. The number of fused-ring (bicyclic) bond motifs is 1. The summed E-state index contributed by atoms with van der Waals surface area (Å²) in [5.74, 6) is 1.22. The molecule has 0 saturated carbocycles. The first-order valence-electron chi connectivity index (χ1n) is 11.5. The number of rotatable bonds is 7. The normalized spacial score (nSPS) is 15.0. The lowest BCUT2D eigenvalue weighted by molar-refractivity contribution is -0.136. The molecule has 0 bridgehead atoms. The lowest BCUT2D eigenvalue weighted by Gasteiger charge is -2.33. The van der Waals surface area contributed by atoms with Crippen LogP contribution in [0.5, 0.6) is 5.75 Å². The number of ether oxygens (including phenoxy) is 1. The summed E-state index contributed by atoms with van der Waals surface area (Å²) in [4.78, 5) is 20.9. The van der Waals surface area contributed by atoms with Crippen molar-refractivity contribution in [3.63, 3.8) is 0 Å². The van der Waals surface area contributed by atoms with Crippen LogP contribution in [0.4, 0.5) is 0 Å². The molecule has 1 amide bonds. The van der Waals surface area contributed by atoms with E-state index in [1.807, 2.05) is 37.1 Å². The second-order valence-corrected chi connectivity index (χ2v) is 9.10. The molecule has 5 heteroatoms. The summed E-state index contributed by atoms with van der Waals surface area (Å²) in [5, 5.41) is 1.21. The average molecular weight is 432 g/mol. The molecule has 5 nitrogen and oxygen atoms in total. The zero-order valence-electron chi connectivity index (χ0n) is 19.3. The number of hydrogen-bond acceptors (Lipinski definition) is 4. The van der Waals surface area contributed by atoms with E-state index >= 15 is 0 Å². The highest BCUT2D eigenvalue weighted by Gasteiger charge is 2.25. The van der Waals surface area contributed by atoms with Gasteiger partial charge in [-0.1, -0.05) is 44.2 Å². The number of likely N-dealkylation sites (tertiary alicyclic amines) is 1. The third-order valence-corrected chi connectivity index (χ3v) is 6.08. The summed E-state index contributed by atoms with van der Waals surface area (Å²) in [6.07, 6.45) is 3.78. The fraction of sp³-hybridized carbons (Fsp3) is 0.407. The number of nitrogens with zero attached hydrogens (tertiary/aromatic N) is 3. The van der Waals surface area contributed by atoms with Gasteiger partial charge in [-0.05, 0) is 42.4 Å². The molecular weight excluding hydrogens is 398 g/mol. The Balaban J connectivity index is 1.34. The molecule has 168 valence electrons. The first-order chi connectivity index (χ1) is 15.5. The highest BCUT2D eigenvalue weighted by atomic mass is 16.5. The monoisotopic (exact) mass is 431 g/mol. The van der Waals surface area contributed by atoms with Gasteiger partial charge in [0.25, 0.3) is 0 Å². The van der Waals surface area contributed by atoms with Gasteiger partial charge in [-0.3, -0.25) is 14.7 Å². The smallest absolute Gasteiger partial charge is 0.225 e. The van der Waals surface area contributed by atoms with E-state index in [-0.39, 0.29) is 17.9 Å². The quantitative estimate of drug-likeness (QED) is 0.534. The van der Waals surface area contributed by atoms with Crippen molar-refractivity contribution >= 4 is 16.8 Å². The lowest BCUT2D eigenvalue weighted by Crippen LogP contribution is -2.43. The van der Waals surface area contributed by atoms with Crippen LogP contribution in [0.25, 0.3) is 10.9 Å². The van der Waals surface area contributed by atoms with Crippen molar-refractivity contribution in [2.75, 3.05) is 20.1 Å². The number of benzene rings is 2. The van der Waals surface area contributed by atoms with Crippen LogP contribution >= 0.6 is 0 Å². The van der Waals surface area contributed by atoms with Crippen molar-refractivity contribution in [1.29, 1.82) is 0 Å². The molecule has 1 saturated heterocycles. The van der Waals surface area contributed by atoms with E-state index < -0.39 is 0 Å². The van der Waals surface area contributed by atoms with Crippen molar-refractivity contribution in [1.82, 2.24) is 14.8 Å². The Labute approximate surface area is 191 Å². The van der Waals surface area contributed by atoms with E-state index in [9.17, 15) is 4.79 Å². The highest BCUT2D eigenvalue weighted by Crippen LogP contribution is 2.23. The zero-order chi connectivity index (χ0) is 22.5. The van der Waals surface area contributed by atoms with E-state index in [4.69, 9.17) is 4.74 Å². The summed E-state index contributed by atoms with van der Waals surface area (Å²) in [7, 11) is 2.14. The fourth-order valence-corrected chi connectivity index (χ4v) is 4.43. The number of pyridine rings is 1. The van der Waals surface area contributed by atoms with E-state index in [2.05, 4.69) is 59.4 Å². The number of carbonyl (C=O) groups is 1. The third kappa shape index (κ3) is 5.46. The molecule has 0 N–H and O–H groups in total. The SMILES string of the molecule is CC(C)C(=O)N1CCC(Oc2cccc(CN(C)Cc3cccc4ncccc34)c2)CC1. The van der Waals surface area contributed by atoms with Crippen LogP contribution in [0, 0.1) is 5.92 Å². The van der Waals surface area contributed by atoms with Gasteiger partial charge in [0.05, 0.1) is 5.52 Å². The summed E-state index contributed by atoms with van der Waals surface area (Å²) in [6.45, 7) is 7.19. The van der Waals surface area contributed by atoms with Crippen molar-refractivity contribution in [2.45, 2.75) is 45.9 Å². The fourth-order valence-electron chi connectivity index (χ4n) is 4.43. The minimum atomic E-state index is 0.0614. The minimum absolute atomic E-state index is 0.0614. The molecule has 2 aromatic carbocycles. The van der Waals surface area contributed by atoms with Crippen LogP contribution < -0.4 is 4.74 Å². The molecule has 2 heterocycles. The molecule has 32 heavy (non-hydrogen) atoms. The maximum absolute atomic E-state index is 12.2. The van der Waals surface area contributed by atoms with Gasteiger partial charge in [0.1, 0.15) is 11.9 Å². The Morgan fingerprint density at radius 3 is 2.66 bits per heavy atom. The summed E-state index contributed by atoms with van der Waals surface area (Å²) < 4.78 is 6.28. The van der Waals surface area contributed by atoms with E-state index in [0.29, 0.717) is 0 Å². The van der Waals surface area contributed by atoms with Crippen molar-refractivity contribution < 1.29 is 9.53 Å². The van der Waals surface area contributed by atoms with Crippen LogP contribution in [0.2, 0.25) is 0 Å². The maximum atomic E-state index is 12.2. The Kier molecular flexibility index (Phi) is 7.05. The van der Waals surface area contributed by atoms with E-state index in [1.54, 1.807) is 0 Å². The van der Waals surface area contributed by atoms with Crippen LogP contribution in [-0.2, 0) is 17.9 Å². The largest absolute Gasteiger partial charge is 0.490 e. The van der Waals surface area contributed by atoms with Gasteiger partial charge in [-0.25, -0.2) is 0 Å². The van der Waals surface area contributed by atoms with Crippen LogP contribution in [0.15, 0.2) is 60.8 Å². The van der Waals surface area contributed by atoms with Gasteiger partial charge >= 0.3 is 0 Å². The van der Waals surface area contributed by atoms with Gasteiger partial charge in [0.2, 0.25) is 5.91 Å². The van der Waals surface area contributed by atoms with Crippen LogP contribution in [-0.4, -0.2) is 46.9 Å². The first kappa shape index (κ1) is 22.3. The molecule has 0 radical (unpaired) electrons. The molecule has 3 aromatic rings. The number of hydrogen-bond donors (Lipinski definition) is 0. The van der Waals surface area contributed by atoms with Crippen LogP contribution in [0.1, 0.15) is 37.8 Å². The first-order valence-corrected chi connectivity index (χ1v) is 11.5. The molecular formula is C27H33N3O2. The third-order valence-electron chi connectivity index (χ3n) is 6.08. The summed E-state index contributed by atoms with van der Waals surface area (Å²) in [6, 6.07) is 18.8. The topological polar surface area (TPSA) is 45.7 Å². The predicted molar refractivity (Wildman–Crippen MR) is 128 cm³/mol. The van der Waals surface area contributed by atoms with Gasteiger partial charge in [-0.2, -0.15) is 0 Å². The van der Waals surface area contributed by atoms with Gasteiger partial charge in [0.15, 0.2) is 0 Å². The van der Waals surface area contributed by atoms with Crippen LogP contribution in [0.3, 0.4) is 0 Å². The maximum Gasteiger partial charge on any atom is 0.225 e. The second-order valence-electron chi connectivity index (χ2n) is 9.10. The van der Waals surface area contributed by atoms with Gasteiger partial charge < -0.3 is 9.64 Å². The molecule has 1 fully saturated rings. The van der Waals surface area contributed by atoms with Crippen molar-refractivity contribution in [3.05, 3.63) is 71.9 Å². The number of piperidine rings is 1. The molecule has 1 aliphatic heterocycles. The average Bonchev–Trinajstić information content (AvgIpc) is 2.79. The summed E-state index contributed by atoms with van der Waals surface area (Å²) in [5.41, 5.74) is 3.55. The molecule has 0 atom stereocenters. The minimum Gasteiger partial charge on any atom is -0.490 e. The molecule has 1 aromatic heterocycles. The van der Waals surface area contributed by atoms with Crippen molar-refractivity contribution in [2.24, 2.45) is 5.92 Å². The molecule has 0 unspecified atom stereocenters. The Morgan fingerprint density at radius 2 is 1.88 bits per heavy atom. The highest BCUT2D eigenvalue weighted by molar-refractivity contribution is 5.81. The lowest BCUT2D eigenvalue weighted by atomic mass is 10.1. The number of aromatic nitrogens is 1. The number of amides is 1. The standard InChI is InChI=1S/C27H33N3O2/c1-20(2)27(31)30-15-12-23(13-16-30)32-24-9-4-7-21(17-24)18-29(3)19-22-8-5-11-26-25(22)10-6-14-28-26/h4-11,14,17,20,23H,12-13,15-16,18-19H2,1-3H3. The molecule has 0 spiro atoms. The van der Waals surface area contributed by atoms with Gasteiger partial charge in [0, 0.05) is 56.5 Å². The molecule has 1 aliphatic rings. The Morgan fingerprint density at radius 1 is 1.09 bits per heavy atom.